The molecule has 0 unspecified atom stereocenters. The van der Waals surface area contributed by atoms with Gasteiger partial charge in [0, 0.05) is 24.3 Å². The van der Waals surface area contributed by atoms with Gasteiger partial charge in [-0.2, -0.15) is 5.10 Å². The van der Waals surface area contributed by atoms with E-state index in [4.69, 9.17) is 5.10 Å². The molecule has 5 heteroatoms. The van der Waals surface area contributed by atoms with Gasteiger partial charge in [-0.25, -0.2) is 4.98 Å². The second-order valence-corrected chi connectivity index (χ2v) is 7.76. The van der Waals surface area contributed by atoms with Crippen LogP contribution in [0, 0.1) is 0 Å². The Hall–Kier alpha value is -1.62. The predicted octanol–water partition coefficient (Wildman–Crippen LogP) is 4.30. The van der Waals surface area contributed by atoms with Gasteiger partial charge >= 0.3 is 0 Å². The minimum absolute atomic E-state index is 0.494. The molecule has 1 aliphatic heterocycles. The number of hydrogen-bond acceptors (Lipinski definition) is 3. The third kappa shape index (κ3) is 3.66. The minimum atomic E-state index is 0.494. The van der Waals surface area contributed by atoms with E-state index >= 15 is 0 Å². The molecule has 1 saturated carbocycles. The molecule has 1 saturated heterocycles. The van der Waals surface area contributed by atoms with E-state index in [1.807, 2.05) is 18.7 Å². The zero-order valence-electron chi connectivity index (χ0n) is 15.5. The van der Waals surface area contributed by atoms with Gasteiger partial charge in [-0.3, -0.25) is 4.68 Å². The van der Waals surface area contributed by atoms with Crippen LogP contribution >= 0.6 is 0 Å². The molecule has 5 nitrogen and oxygen atoms in total. The van der Waals surface area contributed by atoms with Crippen molar-refractivity contribution in [1.82, 2.24) is 24.2 Å². The van der Waals surface area contributed by atoms with E-state index in [9.17, 15) is 0 Å². The van der Waals surface area contributed by atoms with Crippen LogP contribution < -0.4 is 0 Å². The minimum Gasteiger partial charge on any atom is -0.326 e. The van der Waals surface area contributed by atoms with Gasteiger partial charge in [0.15, 0.2) is 0 Å². The molecule has 3 heterocycles. The number of rotatable bonds is 6. The van der Waals surface area contributed by atoms with Gasteiger partial charge in [-0.15, -0.1) is 0 Å². The fourth-order valence-corrected chi connectivity index (χ4v) is 4.51. The molecule has 2 aliphatic rings. The average molecular weight is 342 g/mol. The average Bonchev–Trinajstić information content (AvgIpc) is 3.41. The van der Waals surface area contributed by atoms with E-state index in [1.54, 1.807) is 0 Å². The normalized spacial score (nSPS) is 21.0. The number of hydrogen-bond donors (Lipinski definition) is 0. The SMILES string of the molecule is CC[C@@H](CN1CCCC1)n1cncc1-c1cnn(C2CCCCC2)c1. The van der Waals surface area contributed by atoms with E-state index in [0.29, 0.717) is 12.1 Å². The Morgan fingerprint density at radius 3 is 2.64 bits per heavy atom. The first-order valence-corrected chi connectivity index (χ1v) is 10.1. The molecule has 1 atom stereocenters. The summed E-state index contributed by atoms with van der Waals surface area (Å²) in [4.78, 5) is 7.07. The first-order chi connectivity index (χ1) is 12.3. The Labute approximate surface area is 151 Å². The molecule has 2 aromatic heterocycles. The van der Waals surface area contributed by atoms with Crippen LogP contribution in [-0.4, -0.2) is 43.9 Å². The number of nitrogens with zero attached hydrogens (tertiary/aromatic N) is 5. The summed E-state index contributed by atoms with van der Waals surface area (Å²) in [6.07, 6.45) is 18.7. The Morgan fingerprint density at radius 2 is 1.88 bits per heavy atom. The van der Waals surface area contributed by atoms with Crippen LogP contribution in [0.1, 0.15) is 70.4 Å². The Kier molecular flexibility index (Phi) is 5.20. The lowest BCUT2D eigenvalue weighted by molar-refractivity contribution is 0.273. The van der Waals surface area contributed by atoms with Crippen molar-refractivity contribution in [3.05, 3.63) is 24.9 Å². The third-order valence-electron chi connectivity index (χ3n) is 6.04. The Bertz CT molecular complexity index is 661. The van der Waals surface area contributed by atoms with E-state index in [1.165, 1.54) is 69.3 Å². The van der Waals surface area contributed by atoms with Crippen LogP contribution in [0.2, 0.25) is 0 Å². The highest BCUT2D eigenvalue weighted by molar-refractivity contribution is 5.56. The summed E-state index contributed by atoms with van der Waals surface area (Å²) in [6, 6.07) is 1.08. The fraction of sp³-hybridized carbons (Fsp3) is 0.700. The Balaban J connectivity index is 1.53. The molecule has 25 heavy (non-hydrogen) atoms. The van der Waals surface area contributed by atoms with Crippen LogP contribution in [0.3, 0.4) is 0 Å². The second-order valence-electron chi connectivity index (χ2n) is 7.76. The summed E-state index contributed by atoms with van der Waals surface area (Å²) in [6.45, 7) is 5.92. The lowest BCUT2D eigenvalue weighted by Gasteiger charge is -2.25. The molecule has 0 bridgehead atoms. The summed E-state index contributed by atoms with van der Waals surface area (Å²) in [7, 11) is 0. The lowest BCUT2D eigenvalue weighted by Crippen LogP contribution is -2.28. The van der Waals surface area contributed by atoms with Crippen molar-refractivity contribution in [2.75, 3.05) is 19.6 Å². The molecule has 0 amide bonds. The smallest absolute Gasteiger partial charge is 0.0954 e. The Morgan fingerprint density at radius 1 is 1.08 bits per heavy atom. The van der Waals surface area contributed by atoms with Crippen molar-refractivity contribution in [3.63, 3.8) is 0 Å². The number of aromatic nitrogens is 4. The van der Waals surface area contributed by atoms with Crippen LogP contribution in [0.4, 0.5) is 0 Å². The number of imidazole rings is 1. The van der Waals surface area contributed by atoms with E-state index in [0.717, 1.165) is 13.0 Å². The van der Waals surface area contributed by atoms with Gasteiger partial charge in [-0.05, 0) is 45.2 Å². The maximum atomic E-state index is 4.69. The molecule has 2 aromatic rings. The summed E-state index contributed by atoms with van der Waals surface area (Å²) in [5, 5.41) is 4.69. The predicted molar refractivity (Wildman–Crippen MR) is 101 cm³/mol. The van der Waals surface area contributed by atoms with Crippen molar-refractivity contribution in [2.24, 2.45) is 0 Å². The largest absolute Gasteiger partial charge is 0.326 e. The maximum Gasteiger partial charge on any atom is 0.0954 e. The van der Waals surface area contributed by atoms with E-state index < -0.39 is 0 Å². The van der Waals surface area contributed by atoms with Crippen LogP contribution in [0.5, 0.6) is 0 Å². The molecule has 136 valence electrons. The van der Waals surface area contributed by atoms with Crippen molar-refractivity contribution in [3.8, 4) is 11.3 Å². The summed E-state index contributed by atoms with van der Waals surface area (Å²) in [5.41, 5.74) is 2.43. The van der Waals surface area contributed by atoms with Gasteiger partial charge in [0.05, 0.1) is 30.5 Å². The van der Waals surface area contributed by atoms with Crippen LogP contribution in [0.15, 0.2) is 24.9 Å². The molecule has 1 aliphatic carbocycles. The van der Waals surface area contributed by atoms with Crippen molar-refractivity contribution >= 4 is 0 Å². The highest BCUT2D eigenvalue weighted by Gasteiger charge is 2.21. The summed E-state index contributed by atoms with van der Waals surface area (Å²) in [5.74, 6) is 0. The van der Waals surface area contributed by atoms with Crippen LogP contribution in [0.25, 0.3) is 11.3 Å². The molecule has 0 aromatic carbocycles. The zero-order valence-corrected chi connectivity index (χ0v) is 15.5. The van der Waals surface area contributed by atoms with Gasteiger partial charge in [0.2, 0.25) is 0 Å². The lowest BCUT2D eigenvalue weighted by atomic mass is 9.96. The zero-order chi connectivity index (χ0) is 17.1. The monoisotopic (exact) mass is 341 g/mol. The van der Waals surface area contributed by atoms with Crippen molar-refractivity contribution in [1.29, 1.82) is 0 Å². The molecule has 0 radical (unpaired) electrons. The first kappa shape index (κ1) is 16.8. The van der Waals surface area contributed by atoms with Crippen molar-refractivity contribution in [2.45, 2.75) is 70.4 Å². The number of likely N-dealkylation sites (tertiary alicyclic amines) is 1. The van der Waals surface area contributed by atoms with Gasteiger partial charge in [-0.1, -0.05) is 26.2 Å². The van der Waals surface area contributed by atoms with Gasteiger partial charge in [0.1, 0.15) is 0 Å². The highest BCUT2D eigenvalue weighted by Crippen LogP contribution is 2.30. The van der Waals surface area contributed by atoms with Gasteiger partial charge < -0.3 is 9.47 Å². The highest BCUT2D eigenvalue weighted by atomic mass is 15.3. The topological polar surface area (TPSA) is 38.9 Å². The maximum absolute atomic E-state index is 4.69. The van der Waals surface area contributed by atoms with E-state index in [-0.39, 0.29) is 0 Å². The third-order valence-corrected chi connectivity index (χ3v) is 6.04. The fourth-order valence-electron chi connectivity index (χ4n) is 4.51. The first-order valence-electron chi connectivity index (χ1n) is 10.1. The standard InChI is InChI=1S/C20H31N5/c1-2-18(15-23-10-6-7-11-23)24-16-21-13-20(24)17-12-22-25(14-17)19-8-4-3-5-9-19/h12-14,16,18-19H,2-11,15H2,1H3/t18-/m0/s1. The quantitative estimate of drug-likeness (QED) is 0.786. The molecule has 0 N–H and O–H groups in total. The molecular weight excluding hydrogens is 310 g/mol. The molecular formula is C20H31N5. The van der Waals surface area contributed by atoms with E-state index in [2.05, 4.69) is 32.3 Å². The molecule has 2 fully saturated rings. The summed E-state index contributed by atoms with van der Waals surface area (Å²) >= 11 is 0. The van der Waals surface area contributed by atoms with Crippen LogP contribution in [-0.2, 0) is 0 Å². The van der Waals surface area contributed by atoms with Crippen molar-refractivity contribution < 1.29 is 0 Å². The molecule has 0 spiro atoms. The van der Waals surface area contributed by atoms with Gasteiger partial charge in [0.25, 0.3) is 0 Å². The second kappa shape index (κ2) is 7.73. The summed E-state index contributed by atoms with van der Waals surface area (Å²) < 4.78 is 4.58. The molecule has 4 rings (SSSR count).